The number of rotatable bonds is 1. The van der Waals surface area contributed by atoms with Gasteiger partial charge in [-0.3, -0.25) is 14.9 Å². The molecule has 1 aliphatic heterocycles. The lowest BCUT2D eigenvalue weighted by molar-refractivity contribution is -0.125. The van der Waals surface area contributed by atoms with E-state index in [1.165, 1.54) is 17.5 Å². The molecule has 1 heterocycles. The van der Waals surface area contributed by atoms with E-state index in [1.54, 1.807) is 0 Å². The van der Waals surface area contributed by atoms with Crippen molar-refractivity contribution in [2.75, 3.05) is 0 Å². The Morgan fingerprint density at radius 1 is 1.12 bits per heavy atom. The van der Waals surface area contributed by atoms with Gasteiger partial charge in [-0.1, -0.05) is 18.2 Å². The molecule has 2 amide bonds. The van der Waals surface area contributed by atoms with E-state index in [-0.39, 0.29) is 11.8 Å². The SMILES string of the molecule is O=C1NC(=O)C(c2ccc3c(c2)CCC3)C1Cl. The van der Waals surface area contributed by atoms with Crippen molar-refractivity contribution in [3.05, 3.63) is 34.9 Å². The lowest BCUT2D eigenvalue weighted by atomic mass is 9.94. The fourth-order valence-electron chi connectivity index (χ4n) is 2.66. The fourth-order valence-corrected chi connectivity index (χ4v) is 2.97. The number of imide groups is 1. The molecule has 17 heavy (non-hydrogen) atoms. The molecule has 0 spiro atoms. The third kappa shape index (κ3) is 1.65. The molecule has 2 unspecified atom stereocenters. The first-order valence-corrected chi connectivity index (χ1v) is 6.21. The van der Waals surface area contributed by atoms with Crippen molar-refractivity contribution in [2.45, 2.75) is 30.6 Å². The first-order chi connectivity index (χ1) is 8.16. The number of hydrogen-bond acceptors (Lipinski definition) is 2. The van der Waals surface area contributed by atoms with Gasteiger partial charge in [-0.25, -0.2) is 0 Å². The maximum Gasteiger partial charge on any atom is 0.245 e. The molecular formula is C13H12ClNO2. The summed E-state index contributed by atoms with van der Waals surface area (Å²) in [5.74, 6) is -1.20. The third-order valence-corrected chi connectivity index (χ3v) is 4.00. The molecule has 2 atom stereocenters. The van der Waals surface area contributed by atoms with Crippen LogP contribution >= 0.6 is 11.6 Å². The van der Waals surface area contributed by atoms with E-state index in [0.717, 1.165) is 18.4 Å². The van der Waals surface area contributed by atoms with Crippen molar-refractivity contribution in [3.63, 3.8) is 0 Å². The highest BCUT2D eigenvalue weighted by atomic mass is 35.5. The van der Waals surface area contributed by atoms with Gasteiger partial charge in [0.15, 0.2) is 0 Å². The van der Waals surface area contributed by atoms with Gasteiger partial charge in [0.2, 0.25) is 11.8 Å². The van der Waals surface area contributed by atoms with E-state index >= 15 is 0 Å². The summed E-state index contributed by atoms with van der Waals surface area (Å²) >= 11 is 5.98. The molecule has 0 aromatic heterocycles. The molecule has 1 N–H and O–H groups in total. The van der Waals surface area contributed by atoms with E-state index < -0.39 is 11.3 Å². The summed E-state index contributed by atoms with van der Waals surface area (Å²) < 4.78 is 0. The number of carbonyl (C=O) groups is 2. The summed E-state index contributed by atoms with van der Waals surface area (Å²) in [4.78, 5) is 23.0. The second-order valence-corrected chi connectivity index (χ2v) is 5.08. The number of carbonyl (C=O) groups excluding carboxylic acids is 2. The first kappa shape index (κ1) is 10.8. The van der Waals surface area contributed by atoms with Crippen molar-refractivity contribution in [1.29, 1.82) is 0 Å². The van der Waals surface area contributed by atoms with E-state index in [4.69, 9.17) is 11.6 Å². The smallest absolute Gasteiger partial charge is 0.245 e. The molecule has 0 radical (unpaired) electrons. The van der Waals surface area contributed by atoms with Gasteiger partial charge in [-0.2, -0.15) is 0 Å². The summed E-state index contributed by atoms with van der Waals surface area (Å²) in [5, 5.41) is 1.50. The van der Waals surface area contributed by atoms with Crippen LogP contribution in [0.4, 0.5) is 0 Å². The van der Waals surface area contributed by atoms with Crippen LogP contribution in [0, 0.1) is 0 Å². The molecule has 0 bridgehead atoms. The van der Waals surface area contributed by atoms with E-state index in [2.05, 4.69) is 11.4 Å². The van der Waals surface area contributed by atoms with E-state index in [0.29, 0.717) is 0 Å². The predicted molar refractivity (Wildman–Crippen MR) is 64.0 cm³/mol. The minimum Gasteiger partial charge on any atom is -0.295 e. The topological polar surface area (TPSA) is 46.2 Å². The molecule has 1 saturated heterocycles. The molecule has 1 aromatic carbocycles. The van der Waals surface area contributed by atoms with Crippen LogP contribution in [0.2, 0.25) is 0 Å². The van der Waals surface area contributed by atoms with Crippen molar-refractivity contribution in [2.24, 2.45) is 0 Å². The van der Waals surface area contributed by atoms with Crippen LogP contribution in [0.3, 0.4) is 0 Å². The summed E-state index contributed by atoms with van der Waals surface area (Å²) in [6.45, 7) is 0. The fraction of sp³-hybridized carbons (Fsp3) is 0.385. The summed E-state index contributed by atoms with van der Waals surface area (Å²) in [6, 6.07) is 6.00. The summed E-state index contributed by atoms with van der Waals surface area (Å²) in [5.41, 5.74) is 3.50. The van der Waals surface area contributed by atoms with E-state index in [9.17, 15) is 9.59 Å². The number of fused-ring (bicyclic) bond motifs is 1. The Hall–Kier alpha value is -1.35. The normalized spacial score (nSPS) is 27.1. The van der Waals surface area contributed by atoms with Crippen LogP contribution in [0.15, 0.2) is 18.2 Å². The van der Waals surface area contributed by atoms with Crippen molar-refractivity contribution in [1.82, 2.24) is 5.32 Å². The van der Waals surface area contributed by atoms with Crippen molar-refractivity contribution in [3.8, 4) is 0 Å². The van der Waals surface area contributed by atoms with Crippen LogP contribution < -0.4 is 5.32 Å². The van der Waals surface area contributed by atoms with E-state index in [1.807, 2.05) is 12.1 Å². The number of nitrogens with one attached hydrogen (secondary N) is 1. The second kappa shape index (κ2) is 3.84. The average molecular weight is 250 g/mol. The zero-order chi connectivity index (χ0) is 12.0. The standard InChI is InChI=1S/C13H12ClNO2/c14-11-10(12(16)15-13(11)17)9-5-4-7-2-1-3-8(7)6-9/h4-6,10-11H,1-3H2,(H,15,16,17). The molecule has 4 heteroatoms. The lowest BCUT2D eigenvalue weighted by Crippen LogP contribution is -2.22. The van der Waals surface area contributed by atoms with Gasteiger partial charge in [-0.15, -0.1) is 11.6 Å². The molecule has 1 fully saturated rings. The first-order valence-electron chi connectivity index (χ1n) is 5.77. The number of alkyl halides is 1. The number of benzene rings is 1. The average Bonchev–Trinajstić information content (AvgIpc) is 2.84. The largest absolute Gasteiger partial charge is 0.295 e. The molecule has 2 aliphatic rings. The summed E-state index contributed by atoms with van der Waals surface area (Å²) in [6.07, 6.45) is 3.33. The van der Waals surface area contributed by atoms with Crippen molar-refractivity contribution < 1.29 is 9.59 Å². The van der Waals surface area contributed by atoms with Gasteiger partial charge in [0.1, 0.15) is 5.38 Å². The minimum atomic E-state index is -0.776. The van der Waals surface area contributed by atoms with Crippen molar-refractivity contribution >= 4 is 23.4 Å². The maximum absolute atomic E-state index is 11.7. The van der Waals surface area contributed by atoms with Crippen LogP contribution in [0.25, 0.3) is 0 Å². The third-order valence-electron chi connectivity index (χ3n) is 3.55. The monoisotopic (exact) mass is 249 g/mol. The molecule has 88 valence electrons. The number of halogens is 1. The molecule has 0 saturated carbocycles. The molecular weight excluding hydrogens is 238 g/mol. The highest BCUT2D eigenvalue weighted by molar-refractivity contribution is 6.37. The van der Waals surface area contributed by atoms with Gasteiger partial charge in [-0.05, 0) is 36.0 Å². The second-order valence-electron chi connectivity index (χ2n) is 4.61. The van der Waals surface area contributed by atoms with Gasteiger partial charge in [0, 0.05) is 0 Å². The zero-order valence-corrected chi connectivity index (χ0v) is 9.96. The summed E-state index contributed by atoms with van der Waals surface area (Å²) in [7, 11) is 0. The highest BCUT2D eigenvalue weighted by Gasteiger charge is 2.41. The molecule has 1 aromatic rings. The number of aryl methyl sites for hydroxylation is 2. The Morgan fingerprint density at radius 2 is 1.88 bits per heavy atom. The van der Waals surface area contributed by atoms with Gasteiger partial charge in [0.05, 0.1) is 5.92 Å². The number of amides is 2. The Morgan fingerprint density at radius 3 is 2.59 bits per heavy atom. The lowest BCUT2D eigenvalue weighted by Gasteiger charge is -2.11. The van der Waals surface area contributed by atoms with Crippen LogP contribution in [0.5, 0.6) is 0 Å². The van der Waals surface area contributed by atoms with Crippen LogP contribution in [-0.2, 0) is 22.4 Å². The molecule has 1 aliphatic carbocycles. The highest BCUT2D eigenvalue weighted by Crippen LogP contribution is 2.32. The molecule has 3 nitrogen and oxygen atoms in total. The maximum atomic E-state index is 11.7. The number of hydrogen-bond donors (Lipinski definition) is 1. The van der Waals surface area contributed by atoms with Crippen LogP contribution in [0.1, 0.15) is 29.0 Å². The molecule has 3 rings (SSSR count). The van der Waals surface area contributed by atoms with Crippen LogP contribution in [-0.4, -0.2) is 17.2 Å². The zero-order valence-electron chi connectivity index (χ0n) is 9.20. The Labute approximate surface area is 104 Å². The van der Waals surface area contributed by atoms with Gasteiger partial charge in [0.25, 0.3) is 0 Å². The predicted octanol–water partition coefficient (Wildman–Crippen LogP) is 1.52. The minimum absolute atomic E-state index is 0.284. The van der Waals surface area contributed by atoms with Gasteiger partial charge >= 0.3 is 0 Å². The Balaban J connectivity index is 1.99. The Bertz CT molecular complexity index is 512. The Kier molecular flexibility index (Phi) is 2.44. The quantitative estimate of drug-likeness (QED) is 0.606. The van der Waals surface area contributed by atoms with Gasteiger partial charge < -0.3 is 0 Å².